The Bertz CT molecular complexity index is 549. The second-order valence-electron chi connectivity index (χ2n) is 4.35. The van der Waals surface area contributed by atoms with Crippen LogP contribution in [0.15, 0.2) is 18.3 Å². The Morgan fingerprint density at radius 1 is 1.28 bits per heavy atom. The van der Waals surface area contributed by atoms with E-state index in [0.717, 1.165) is 35.0 Å². The first-order valence-corrected chi connectivity index (χ1v) is 6.59. The maximum Gasteiger partial charge on any atom is 0.122 e. The van der Waals surface area contributed by atoms with Crippen molar-refractivity contribution in [3.05, 3.63) is 35.3 Å². The summed E-state index contributed by atoms with van der Waals surface area (Å²) in [6.45, 7) is 4.13. The first kappa shape index (κ1) is 13.0. The van der Waals surface area contributed by atoms with Crippen LogP contribution in [0.4, 0.5) is 0 Å². The number of thiol groups is 1. The zero-order valence-corrected chi connectivity index (χ0v) is 11.8. The highest BCUT2D eigenvalue weighted by Gasteiger charge is 2.09. The summed E-state index contributed by atoms with van der Waals surface area (Å²) in [6, 6.07) is 4.19. The fourth-order valence-corrected chi connectivity index (χ4v) is 2.24. The van der Waals surface area contributed by atoms with Gasteiger partial charge in [-0.15, -0.1) is 0 Å². The van der Waals surface area contributed by atoms with Gasteiger partial charge in [-0.2, -0.15) is 12.6 Å². The van der Waals surface area contributed by atoms with Gasteiger partial charge in [0.15, 0.2) is 0 Å². The van der Waals surface area contributed by atoms with Gasteiger partial charge in [0.1, 0.15) is 11.6 Å². The summed E-state index contributed by atoms with van der Waals surface area (Å²) in [6.07, 6.45) is 2.74. The van der Waals surface area contributed by atoms with Gasteiger partial charge in [-0.1, -0.05) is 0 Å². The first-order chi connectivity index (χ1) is 8.65. The molecule has 0 saturated carbocycles. The average molecular weight is 262 g/mol. The molecule has 0 radical (unpaired) electrons. The minimum atomic E-state index is 0.799. The summed E-state index contributed by atoms with van der Waals surface area (Å²) in [7, 11) is 1.70. The van der Waals surface area contributed by atoms with Crippen molar-refractivity contribution in [1.29, 1.82) is 0 Å². The molecule has 96 valence electrons. The van der Waals surface area contributed by atoms with Crippen molar-refractivity contribution in [3.63, 3.8) is 0 Å². The highest BCUT2D eigenvalue weighted by Crippen LogP contribution is 2.29. The molecule has 0 saturated heterocycles. The van der Waals surface area contributed by atoms with E-state index in [-0.39, 0.29) is 0 Å². The van der Waals surface area contributed by atoms with E-state index in [1.807, 2.05) is 13.1 Å². The molecule has 18 heavy (non-hydrogen) atoms. The van der Waals surface area contributed by atoms with Crippen molar-refractivity contribution in [2.45, 2.75) is 20.3 Å². The molecule has 0 fully saturated rings. The Labute approximate surface area is 113 Å². The predicted molar refractivity (Wildman–Crippen MR) is 77.6 cm³/mol. The van der Waals surface area contributed by atoms with E-state index in [2.05, 4.69) is 41.7 Å². The molecule has 2 rings (SSSR count). The van der Waals surface area contributed by atoms with Crippen LogP contribution < -0.4 is 4.74 Å². The summed E-state index contributed by atoms with van der Waals surface area (Å²) in [5.74, 6) is 2.70. The summed E-state index contributed by atoms with van der Waals surface area (Å²) in [4.78, 5) is 7.70. The van der Waals surface area contributed by atoms with Crippen molar-refractivity contribution in [1.82, 2.24) is 9.97 Å². The predicted octanol–water partition coefficient (Wildman–Crippen LogP) is 3.17. The molecule has 3 nitrogen and oxygen atoms in total. The molecule has 0 atom stereocenters. The molecule has 1 aromatic heterocycles. The second-order valence-corrected chi connectivity index (χ2v) is 4.80. The minimum Gasteiger partial charge on any atom is -0.496 e. The number of hydrogen-bond acceptors (Lipinski definition) is 3. The first-order valence-electron chi connectivity index (χ1n) is 5.96. The van der Waals surface area contributed by atoms with E-state index in [1.165, 1.54) is 11.1 Å². The number of hydrogen-bond donors (Lipinski definition) is 2. The molecule has 4 heteroatoms. The number of methoxy groups -OCH3 is 1. The topological polar surface area (TPSA) is 37.9 Å². The lowest BCUT2D eigenvalue weighted by molar-refractivity contribution is 0.411. The number of ether oxygens (including phenoxy) is 1. The number of imidazole rings is 1. The van der Waals surface area contributed by atoms with Gasteiger partial charge in [-0.3, -0.25) is 0 Å². The SMILES string of the molecule is COc1cc(C)c(-c2cnc(CCS)[nH]2)cc1C. The molecule has 2 aromatic rings. The van der Waals surface area contributed by atoms with Crippen LogP contribution >= 0.6 is 12.6 Å². The summed E-state index contributed by atoms with van der Waals surface area (Å²) < 4.78 is 5.32. The number of benzene rings is 1. The maximum atomic E-state index is 5.32. The molecular formula is C14H18N2OS. The lowest BCUT2D eigenvalue weighted by Crippen LogP contribution is -1.92. The van der Waals surface area contributed by atoms with Gasteiger partial charge in [-0.25, -0.2) is 4.98 Å². The third kappa shape index (κ3) is 2.53. The van der Waals surface area contributed by atoms with Crippen molar-refractivity contribution in [2.24, 2.45) is 0 Å². The number of nitrogens with one attached hydrogen (secondary N) is 1. The summed E-state index contributed by atoms with van der Waals surface area (Å²) in [5, 5.41) is 0. The van der Waals surface area contributed by atoms with Gasteiger partial charge in [-0.05, 0) is 42.9 Å². The van der Waals surface area contributed by atoms with Gasteiger partial charge in [0.05, 0.1) is 19.0 Å². The third-order valence-corrected chi connectivity index (χ3v) is 3.23. The van der Waals surface area contributed by atoms with Crippen molar-refractivity contribution in [3.8, 4) is 17.0 Å². The monoisotopic (exact) mass is 262 g/mol. The molecular weight excluding hydrogens is 244 g/mol. The Kier molecular flexibility index (Phi) is 3.97. The molecule has 1 aromatic carbocycles. The number of aryl methyl sites for hydroxylation is 3. The summed E-state index contributed by atoms with van der Waals surface area (Å²) >= 11 is 4.21. The maximum absolute atomic E-state index is 5.32. The lowest BCUT2D eigenvalue weighted by atomic mass is 10.0. The van der Waals surface area contributed by atoms with E-state index in [0.29, 0.717) is 0 Å². The summed E-state index contributed by atoms with van der Waals surface area (Å²) in [5.41, 5.74) is 4.53. The smallest absolute Gasteiger partial charge is 0.122 e. The number of aromatic amines is 1. The Balaban J connectivity index is 2.40. The minimum absolute atomic E-state index is 0.799. The molecule has 0 aliphatic carbocycles. The van der Waals surface area contributed by atoms with Crippen LogP contribution in [0.25, 0.3) is 11.3 Å². The van der Waals surface area contributed by atoms with Crippen molar-refractivity contribution in [2.75, 3.05) is 12.9 Å². The highest BCUT2D eigenvalue weighted by atomic mass is 32.1. The average Bonchev–Trinajstić information content (AvgIpc) is 2.80. The van der Waals surface area contributed by atoms with Crippen LogP contribution in [0.3, 0.4) is 0 Å². The van der Waals surface area contributed by atoms with Gasteiger partial charge in [0.2, 0.25) is 0 Å². The highest BCUT2D eigenvalue weighted by molar-refractivity contribution is 7.80. The van der Waals surface area contributed by atoms with Crippen LogP contribution in [-0.2, 0) is 6.42 Å². The molecule has 0 unspecified atom stereocenters. The van der Waals surface area contributed by atoms with E-state index in [9.17, 15) is 0 Å². The molecule has 0 spiro atoms. The lowest BCUT2D eigenvalue weighted by Gasteiger charge is -2.10. The molecule has 0 bridgehead atoms. The molecule has 1 heterocycles. The largest absolute Gasteiger partial charge is 0.496 e. The van der Waals surface area contributed by atoms with Crippen LogP contribution in [0.2, 0.25) is 0 Å². The van der Waals surface area contributed by atoms with E-state index in [4.69, 9.17) is 4.74 Å². The third-order valence-electron chi connectivity index (χ3n) is 3.01. The van der Waals surface area contributed by atoms with Crippen molar-refractivity contribution >= 4 is 12.6 Å². The van der Waals surface area contributed by atoms with Crippen LogP contribution in [-0.4, -0.2) is 22.8 Å². The Morgan fingerprint density at radius 2 is 2.06 bits per heavy atom. The standard InChI is InChI=1S/C14H18N2OS/c1-9-7-13(17-3)10(2)6-11(9)12-8-15-14(16-12)4-5-18/h6-8,18H,4-5H2,1-3H3,(H,15,16). The second kappa shape index (κ2) is 5.48. The van der Waals surface area contributed by atoms with Crippen LogP contribution in [0.1, 0.15) is 17.0 Å². The zero-order valence-electron chi connectivity index (χ0n) is 10.9. The normalized spacial score (nSPS) is 10.7. The quantitative estimate of drug-likeness (QED) is 0.831. The number of H-pyrrole nitrogens is 1. The van der Waals surface area contributed by atoms with Crippen LogP contribution in [0.5, 0.6) is 5.75 Å². The number of rotatable bonds is 4. The van der Waals surface area contributed by atoms with E-state index < -0.39 is 0 Å². The van der Waals surface area contributed by atoms with E-state index in [1.54, 1.807) is 7.11 Å². The fourth-order valence-electron chi connectivity index (χ4n) is 2.03. The molecule has 0 amide bonds. The zero-order chi connectivity index (χ0) is 13.1. The fraction of sp³-hybridized carbons (Fsp3) is 0.357. The van der Waals surface area contributed by atoms with Gasteiger partial charge < -0.3 is 9.72 Å². The molecule has 0 aliphatic rings. The Hall–Kier alpha value is -1.42. The Morgan fingerprint density at radius 3 is 2.72 bits per heavy atom. The number of aromatic nitrogens is 2. The number of nitrogens with zero attached hydrogens (tertiary/aromatic N) is 1. The van der Waals surface area contributed by atoms with E-state index >= 15 is 0 Å². The molecule has 1 N–H and O–H groups in total. The van der Waals surface area contributed by atoms with Gasteiger partial charge in [0, 0.05) is 12.0 Å². The van der Waals surface area contributed by atoms with Crippen molar-refractivity contribution < 1.29 is 4.74 Å². The van der Waals surface area contributed by atoms with Gasteiger partial charge >= 0.3 is 0 Å². The molecule has 0 aliphatic heterocycles. The van der Waals surface area contributed by atoms with Crippen LogP contribution in [0, 0.1) is 13.8 Å². The van der Waals surface area contributed by atoms with Gasteiger partial charge in [0.25, 0.3) is 0 Å².